The monoisotopic (exact) mass is 201 g/mol. The number of amides is 2. The van der Waals surface area contributed by atoms with E-state index < -0.39 is 6.04 Å². The summed E-state index contributed by atoms with van der Waals surface area (Å²) in [6.45, 7) is 3.45. The Morgan fingerprint density at radius 2 is 1.71 bits per heavy atom. The molecule has 2 atom stereocenters. The summed E-state index contributed by atoms with van der Waals surface area (Å²) in [7, 11) is 4.88. The third-order valence-electron chi connectivity index (χ3n) is 2.36. The minimum atomic E-state index is -0.441. The summed E-state index contributed by atoms with van der Waals surface area (Å²) in [5.41, 5.74) is 0. The second kappa shape index (κ2) is 5.59. The van der Waals surface area contributed by atoms with Crippen LogP contribution in [0.4, 0.5) is 0 Å². The maximum absolute atomic E-state index is 11.6. The number of carbonyl (C=O) groups is 2. The van der Waals surface area contributed by atoms with Crippen LogP contribution in [-0.4, -0.2) is 49.9 Å². The van der Waals surface area contributed by atoms with Crippen molar-refractivity contribution in [3.05, 3.63) is 0 Å². The summed E-state index contributed by atoms with van der Waals surface area (Å²) in [4.78, 5) is 24.3. The number of nitrogens with one attached hydrogen (secondary N) is 2. The van der Waals surface area contributed by atoms with Crippen LogP contribution >= 0.6 is 0 Å². The summed E-state index contributed by atoms with van der Waals surface area (Å²) in [6, 6.07) is -0.713. The lowest BCUT2D eigenvalue weighted by Gasteiger charge is -2.26. The van der Waals surface area contributed by atoms with Crippen molar-refractivity contribution in [2.45, 2.75) is 25.9 Å². The molecule has 0 aliphatic carbocycles. The fourth-order valence-electron chi connectivity index (χ4n) is 1.00. The normalized spacial score (nSPS) is 14.4. The number of nitrogens with zero attached hydrogens (tertiary/aromatic N) is 1. The summed E-state index contributed by atoms with van der Waals surface area (Å²) in [5, 5.41) is 5.34. The van der Waals surface area contributed by atoms with Crippen LogP contribution in [0.15, 0.2) is 0 Å². The van der Waals surface area contributed by atoms with E-state index in [1.807, 2.05) is 0 Å². The van der Waals surface area contributed by atoms with Gasteiger partial charge in [-0.2, -0.15) is 0 Å². The topological polar surface area (TPSA) is 61.4 Å². The fraction of sp³-hybridized carbons (Fsp3) is 0.778. The van der Waals surface area contributed by atoms with Crippen LogP contribution < -0.4 is 10.6 Å². The molecule has 0 rings (SSSR count). The van der Waals surface area contributed by atoms with Gasteiger partial charge in [-0.15, -0.1) is 0 Å². The molecular formula is C9H19N3O2. The predicted octanol–water partition coefficient (Wildman–Crippen LogP) is -0.813. The van der Waals surface area contributed by atoms with Gasteiger partial charge < -0.3 is 15.5 Å². The van der Waals surface area contributed by atoms with Crippen LogP contribution in [-0.2, 0) is 9.59 Å². The zero-order valence-electron chi connectivity index (χ0n) is 9.42. The van der Waals surface area contributed by atoms with Gasteiger partial charge in [0.2, 0.25) is 11.8 Å². The Labute approximate surface area is 84.8 Å². The van der Waals surface area contributed by atoms with Gasteiger partial charge in [0.25, 0.3) is 0 Å². The van der Waals surface area contributed by atoms with E-state index in [0.717, 1.165) is 0 Å². The van der Waals surface area contributed by atoms with Crippen molar-refractivity contribution in [1.82, 2.24) is 15.5 Å². The number of likely N-dealkylation sites (N-methyl/N-ethyl adjacent to an activating group) is 3. The van der Waals surface area contributed by atoms with E-state index in [2.05, 4.69) is 10.6 Å². The largest absolute Gasteiger partial charge is 0.357 e. The van der Waals surface area contributed by atoms with Gasteiger partial charge in [0.1, 0.15) is 6.04 Å². The standard InChI is InChI=1S/C9H19N3O2/c1-6(10-3)9(14)12(5)7(2)8(13)11-4/h6-7,10H,1-5H3,(H,11,13). The molecule has 0 saturated carbocycles. The number of rotatable bonds is 4. The quantitative estimate of drug-likeness (QED) is 0.625. The molecule has 0 heterocycles. The molecule has 2 unspecified atom stereocenters. The molecule has 2 amide bonds. The number of hydrogen-bond donors (Lipinski definition) is 2. The molecule has 2 N–H and O–H groups in total. The molecule has 0 aliphatic heterocycles. The first-order valence-electron chi connectivity index (χ1n) is 4.61. The molecular weight excluding hydrogens is 182 g/mol. The molecule has 0 aromatic heterocycles. The highest BCUT2D eigenvalue weighted by atomic mass is 16.2. The maximum atomic E-state index is 11.6. The highest BCUT2D eigenvalue weighted by Crippen LogP contribution is 1.99. The minimum Gasteiger partial charge on any atom is -0.357 e. The van der Waals surface area contributed by atoms with Gasteiger partial charge in [-0.25, -0.2) is 0 Å². The van der Waals surface area contributed by atoms with E-state index in [4.69, 9.17) is 0 Å². The molecule has 0 spiro atoms. The van der Waals surface area contributed by atoms with Crippen LogP contribution in [0.25, 0.3) is 0 Å². The van der Waals surface area contributed by atoms with Crippen LogP contribution in [0.3, 0.4) is 0 Å². The van der Waals surface area contributed by atoms with Gasteiger partial charge in [-0.1, -0.05) is 0 Å². The summed E-state index contributed by atoms with van der Waals surface area (Å²) >= 11 is 0. The van der Waals surface area contributed by atoms with Crippen LogP contribution in [0.1, 0.15) is 13.8 Å². The van der Waals surface area contributed by atoms with Gasteiger partial charge in [0.05, 0.1) is 6.04 Å². The van der Waals surface area contributed by atoms with Crippen molar-refractivity contribution < 1.29 is 9.59 Å². The van der Waals surface area contributed by atoms with Gasteiger partial charge >= 0.3 is 0 Å². The smallest absolute Gasteiger partial charge is 0.242 e. The van der Waals surface area contributed by atoms with Gasteiger partial charge in [0, 0.05) is 14.1 Å². The molecule has 82 valence electrons. The lowest BCUT2D eigenvalue weighted by Crippen LogP contribution is -2.50. The highest BCUT2D eigenvalue weighted by Gasteiger charge is 2.24. The Bertz CT molecular complexity index is 218. The Kier molecular flexibility index (Phi) is 5.15. The third kappa shape index (κ3) is 2.99. The first kappa shape index (κ1) is 12.9. The Hall–Kier alpha value is -1.10. The molecule has 0 saturated heterocycles. The van der Waals surface area contributed by atoms with E-state index >= 15 is 0 Å². The van der Waals surface area contributed by atoms with Crippen molar-refractivity contribution >= 4 is 11.8 Å². The second-order valence-electron chi connectivity index (χ2n) is 3.25. The molecule has 0 aliphatic rings. The molecule has 5 heteroatoms. The SMILES string of the molecule is CNC(=O)C(C)N(C)C(=O)C(C)NC. The second-order valence-corrected chi connectivity index (χ2v) is 3.25. The lowest BCUT2D eigenvalue weighted by molar-refractivity contribution is -0.139. The van der Waals surface area contributed by atoms with Crippen molar-refractivity contribution in [2.24, 2.45) is 0 Å². The van der Waals surface area contributed by atoms with Gasteiger partial charge in [0.15, 0.2) is 0 Å². The summed E-state index contributed by atoms with van der Waals surface area (Å²) in [6.07, 6.45) is 0. The first-order chi connectivity index (χ1) is 6.45. The molecule has 0 radical (unpaired) electrons. The molecule has 14 heavy (non-hydrogen) atoms. The van der Waals surface area contributed by atoms with Crippen molar-refractivity contribution in [3.63, 3.8) is 0 Å². The van der Waals surface area contributed by atoms with Crippen LogP contribution in [0.2, 0.25) is 0 Å². The first-order valence-corrected chi connectivity index (χ1v) is 4.61. The summed E-state index contributed by atoms with van der Waals surface area (Å²) < 4.78 is 0. The van der Waals surface area contributed by atoms with Crippen molar-refractivity contribution in [2.75, 3.05) is 21.1 Å². The Balaban J connectivity index is 4.38. The highest BCUT2D eigenvalue weighted by molar-refractivity contribution is 5.89. The van der Waals surface area contributed by atoms with Crippen LogP contribution in [0, 0.1) is 0 Å². The van der Waals surface area contributed by atoms with E-state index in [1.54, 1.807) is 35.0 Å². The summed E-state index contributed by atoms with van der Waals surface area (Å²) in [5.74, 6) is -0.257. The van der Waals surface area contributed by atoms with Gasteiger partial charge in [-0.05, 0) is 20.9 Å². The number of carbonyl (C=O) groups excluding carboxylic acids is 2. The molecule has 5 nitrogen and oxygen atoms in total. The van der Waals surface area contributed by atoms with E-state index in [-0.39, 0.29) is 17.9 Å². The van der Waals surface area contributed by atoms with Crippen molar-refractivity contribution in [1.29, 1.82) is 0 Å². The Morgan fingerprint density at radius 1 is 1.21 bits per heavy atom. The third-order valence-corrected chi connectivity index (χ3v) is 2.36. The molecule has 0 fully saturated rings. The molecule has 0 bridgehead atoms. The lowest BCUT2D eigenvalue weighted by atomic mass is 10.2. The predicted molar refractivity (Wildman–Crippen MR) is 54.8 cm³/mol. The Morgan fingerprint density at radius 3 is 2.07 bits per heavy atom. The van der Waals surface area contributed by atoms with E-state index in [1.165, 1.54) is 4.90 Å². The molecule has 0 aromatic carbocycles. The van der Waals surface area contributed by atoms with Gasteiger partial charge in [-0.3, -0.25) is 9.59 Å². The maximum Gasteiger partial charge on any atom is 0.242 e. The average molecular weight is 201 g/mol. The minimum absolute atomic E-state index is 0.0939. The number of hydrogen-bond acceptors (Lipinski definition) is 3. The van der Waals surface area contributed by atoms with E-state index in [0.29, 0.717) is 0 Å². The van der Waals surface area contributed by atoms with Crippen molar-refractivity contribution in [3.8, 4) is 0 Å². The fourth-order valence-corrected chi connectivity index (χ4v) is 1.00. The zero-order chi connectivity index (χ0) is 11.3. The van der Waals surface area contributed by atoms with E-state index in [9.17, 15) is 9.59 Å². The zero-order valence-corrected chi connectivity index (χ0v) is 9.42. The molecule has 0 aromatic rings. The average Bonchev–Trinajstić information content (AvgIpc) is 2.23. The van der Waals surface area contributed by atoms with Crippen LogP contribution in [0.5, 0.6) is 0 Å².